The van der Waals surface area contributed by atoms with Crippen molar-refractivity contribution in [2.75, 3.05) is 5.73 Å². The third kappa shape index (κ3) is 6.85. The van der Waals surface area contributed by atoms with Gasteiger partial charge >= 0.3 is 0 Å². The van der Waals surface area contributed by atoms with Crippen molar-refractivity contribution in [2.24, 2.45) is 0 Å². The highest BCUT2D eigenvalue weighted by molar-refractivity contribution is 5.79. The molecule has 0 fully saturated rings. The average molecular weight is 262 g/mol. The Hall–Kier alpha value is -1.51. The van der Waals surface area contributed by atoms with E-state index in [-0.39, 0.29) is 11.9 Å². The van der Waals surface area contributed by atoms with Crippen molar-refractivity contribution in [1.29, 1.82) is 0 Å². The lowest BCUT2D eigenvalue weighted by atomic mass is 10.1. The molecule has 0 bridgehead atoms. The van der Waals surface area contributed by atoms with Crippen molar-refractivity contribution in [3.8, 4) is 0 Å². The highest BCUT2D eigenvalue weighted by atomic mass is 16.1. The standard InChI is InChI=1S/C16H26N2O/c1-3-4-5-6-8-13(2)18-16(19)12-14-9-7-10-15(17)11-14/h7,9-11,13H,3-6,8,12,17H2,1-2H3,(H,18,19). The number of hydrogen-bond acceptors (Lipinski definition) is 2. The molecule has 3 nitrogen and oxygen atoms in total. The van der Waals surface area contributed by atoms with Crippen LogP contribution >= 0.6 is 0 Å². The average Bonchev–Trinajstić information content (AvgIpc) is 2.34. The monoisotopic (exact) mass is 262 g/mol. The lowest BCUT2D eigenvalue weighted by molar-refractivity contribution is -0.121. The second-order valence-corrected chi connectivity index (χ2v) is 5.24. The lowest BCUT2D eigenvalue weighted by Crippen LogP contribution is -2.33. The summed E-state index contributed by atoms with van der Waals surface area (Å²) in [5.41, 5.74) is 7.37. The molecule has 0 aliphatic heterocycles. The van der Waals surface area contributed by atoms with Crippen molar-refractivity contribution in [2.45, 2.75) is 58.4 Å². The van der Waals surface area contributed by atoms with Crippen molar-refractivity contribution >= 4 is 11.6 Å². The number of anilines is 1. The predicted molar refractivity (Wildman–Crippen MR) is 80.9 cm³/mol. The summed E-state index contributed by atoms with van der Waals surface area (Å²) in [5, 5.41) is 3.04. The van der Waals surface area contributed by atoms with E-state index in [1.54, 1.807) is 0 Å². The second-order valence-electron chi connectivity index (χ2n) is 5.24. The number of carbonyl (C=O) groups excluding carboxylic acids is 1. The Kier molecular flexibility index (Phi) is 7.01. The Balaban J connectivity index is 2.26. The molecule has 0 heterocycles. The number of amides is 1. The number of nitrogen functional groups attached to an aromatic ring is 1. The molecule has 106 valence electrons. The molecule has 1 rings (SSSR count). The van der Waals surface area contributed by atoms with Crippen LogP contribution in [-0.2, 0) is 11.2 Å². The molecule has 1 unspecified atom stereocenters. The van der Waals surface area contributed by atoms with E-state index in [4.69, 9.17) is 5.73 Å². The van der Waals surface area contributed by atoms with E-state index < -0.39 is 0 Å². The van der Waals surface area contributed by atoms with Crippen LogP contribution in [0.3, 0.4) is 0 Å². The van der Waals surface area contributed by atoms with Gasteiger partial charge in [-0.15, -0.1) is 0 Å². The first kappa shape index (κ1) is 15.5. The third-order valence-electron chi connectivity index (χ3n) is 3.21. The number of nitrogens with one attached hydrogen (secondary N) is 1. The van der Waals surface area contributed by atoms with Crippen LogP contribution < -0.4 is 11.1 Å². The number of rotatable bonds is 8. The van der Waals surface area contributed by atoms with Crippen LogP contribution in [0.1, 0.15) is 51.5 Å². The van der Waals surface area contributed by atoms with Crippen molar-refractivity contribution in [3.63, 3.8) is 0 Å². The summed E-state index contributed by atoms with van der Waals surface area (Å²) in [6, 6.07) is 7.75. The zero-order valence-corrected chi connectivity index (χ0v) is 12.1. The normalized spacial score (nSPS) is 12.1. The molecule has 0 radical (unpaired) electrons. The lowest BCUT2D eigenvalue weighted by Gasteiger charge is -2.13. The van der Waals surface area contributed by atoms with Gasteiger partial charge in [0.2, 0.25) is 5.91 Å². The molecular weight excluding hydrogens is 236 g/mol. The molecular formula is C16H26N2O. The van der Waals surface area contributed by atoms with Gasteiger partial charge in [-0.25, -0.2) is 0 Å². The second kappa shape index (κ2) is 8.57. The number of hydrogen-bond donors (Lipinski definition) is 2. The molecule has 0 saturated carbocycles. The summed E-state index contributed by atoms with van der Waals surface area (Å²) < 4.78 is 0. The van der Waals surface area contributed by atoms with Crippen LogP contribution in [0.15, 0.2) is 24.3 Å². The fraction of sp³-hybridized carbons (Fsp3) is 0.562. The Morgan fingerprint density at radius 1 is 1.32 bits per heavy atom. The molecule has 3 N–H and O–H groups in total. The van der Waals surface area contributed by atoms with E-state index >= 15 is 0 Å². The van der Waals surface area contributed by atoms with Gasteiger partial charge in [-0.2, -0.15) is 0 Å². The Morgan fingerprint density at radius 2 is 2.11 bits per heavy atom. The summed E-state index contributed by atoms with van der Waals surface area (Å²) >= 11 is 0. The van der Waals surface area contributed by atoms with Gasteiger partial charge in [-0.05, 0) is 31.0 Å². The fourth-order valence-corrected chi connectivity index (χ4v) is 2.16. The highest BCUT2D eigenvalue weighted by Crippen LogP contribution is 2.08. The van der Waals surface area contributed by atoms with E-state index in [0.717, 1.165) is 12.0 Å². The van der Waals surface area contributed by atoms with Crippen molar-refractivity contribution < 1.29 is 4.79 Å². The molecule has 0 aliphatic carbocycles. The number of nitrogens with two attached hydrogens (primary N) is 1. The van der Waals surface area contributed by atoms with Crippen LogP contribution in [0, 0.1) is 0 Å². The van der Waals surface area contributed by atoms with Gasteiger partial charge in [-0.3, -0.25) is 4.79 Å². The first-order valence-corrected chi connectivity index (χ1v) is 7.25. The molecule has 0 aliphatic rings. The minimum Gasteiger partial charge on any atom is -0.399 e. The zero-order chi connectivity index (χ0) is 14.1. The molecule has 3 heteroatoms. The molecule has 1 aromatic rings. The van der Waals surface area contributed by atoms with E-state index in [2.05, 4.69) is 19.2 Å². The Morgan fingerprint density at radius 3 is 2.79 bits per heavy atom. The summed E-state index contributed by atoms with van der Waals surface area (Å²) in [4.78, 5) is 11.9. The van der Waals surface area contributed by atoms with Gasteiger partial charge in [-0.1, -0.05) is 44.7 Å². The molecule has 1 amide bonds. The number of benzene rings is 1. The van der Waals surface area contributed by atoms with Gasteiger partial charge in [0.05, 0.1) is 6.42 Å². The Labute approximate surface area is 116 Å². The van der Waals surface area contributed by atoms with Gasteiger partial charge in [0.25, 0.3) is 0 Å². The number of carbonyl (C=O) groups is 1. The summed E-state index contributed by atoms with van der Waals surface area (Å²) in [7, 11) is 0. The van der Waals surface area contributed by atoms with Crippen LogP contribution in [0.5, 0.6) is 0 Å². The third-order valence-corrected chi connectivity index (χ3v) is 3.21. The van der Waals surface area contributed by atoms with Gasteiger partial charge in [0.1, 0.15) is 0 Å². The van der Waals surface area contributed by atoms with Crippen LogP contribution in [0.25, 0.3) is 0 Å². The van der Waals surface area contributed by atoms with Gasteiger partial charge in [0.15, 0.2) is 0 Å². The predicted octanol–water partition coefficient (Wildman–Crippen LogP) is 3.29. The summed E-state index contributed by atoms with van der Waals surface area (Å²) in [6.45, 7) is 4.28. The molecule has 0 saturated heterocycles. The molecule has 1 aromatic carbocycles. The molecule has 0 spiro atoms. The summed E-state index contributed by atoms with van der Waals surface area (Å²) in [5.74, 6) is 0.0774. The van der Waals surface area contributed by atoms with Crippen LogP contribution in [0.2, 0.25) is 0 Å². The quantitative estimate of drug-likeness (QED) is 0.558. The van der Waals surface area contributed by atoms with Gasteiger partial charge < -0.3 is 11.1 Å². The number of unbranched alkanes of at least 4 members (excludes halogenated alkanes) is 3. The van der Waals surface area contributed by atoms with Crippen molar-refractivity contribution in [1.82, 2.24) is 5.32 Å². The largest absolute Gasteiger partial charge is 0.399 e. The molecule has 19 heavy (non-hydrogen) atoms. The Bertz CT molecular complexity index is 390. The van der Waals surface area contributed by atoms with Crippen molar-refractivity contribution in [3.05, 3.63) is 29.8 Å². The maximum absolute atomic E-state index is 11.9. The highest BCUT2D eigenvalue weighted by Gasteiger charge is 2.08. The van der Waals surface area contributed by atoms with Crippen LogP contribution in [-0.4, -0.2) is 11.9 Å². The smallest absolute Gasteiger partial charge is 0.224 e. The van der Waals surface area contributed by atoms with Crippen LogP contribution in [0.4, 0.5) is 5.69 Å². The fourth-order valence-electron chi connectivity index (χ4n) is 2.16. The maximum Gasteiger partial charge on any atom is 0.224 e. The maximum atomic E-state index is 11.9. The first-order chi connectivity index (χ1) is 9.11. The zero-order valence-electron chi connectivity index (χ0n) is 12.1. The minimum absolute atomic E-state index is 0.0774. The first-order valence-electron chi connectivity index (χ1n) is 7.25. The van der Waals surface area contributed by atoms with E-state index in [1.807, 2.05) is 24.3 Å². The molecule has 0 aromatic heterocycles. The van der Waals surface area contributed by atoms with E-state index in [9.17, 15) is 4.79 Å². The molecule has 1 atom stereocenters. The SMILES string of the molecule is CCCCCCC(C)NC(=O)Cc1cccc(N)c1. The van der Waals surface area contributed by atoms with E-state index in [0.29, 0.717) is 12.1 Å². The van der Waals surface area contributed by atoms with Gasteiger partial charge in [0, 0.05) is 11.7 Å². The minimum atomic E-state index is 0.0774. The summed E-state index contributed by atoms with van der Waals surface area (Å²) in [6.07, 6.45) is 6.44. The van der Waals surface area contributed by atoms with E-state index in [1.165, 1.54) is 25.7 Å². The topological polar surface area (TPSA) is 55.1 Å².